The average molecular weight is 384 g/mol. The summed E-state index contributed by atoms with van der Waals surface area (Å²) in [5, 5.41) is 9.34. The standard InChI is InChI=1S/C17H24N2O6S/c1-18(11-17(21)19-7-2-4-13(19)12-20)26(22,23)14-5-6-15-16(10-14)25-9-3-8-24-15/h5-6,10,13,20H,2-4,7-9,11-12H2,1H3/t13-/m1/s1. The normalized spacial score (nSPS) is 20.3. The monoisotopic (exact) mass is 384 g/mol. The van der Waals surface area contributed by atoms with Gasteiger partial charge in [0.25, 0.3) is 0 Å². The zero-order valence-corrected chi connectivity index (χ0v) is 15.6. The molecular weight excluding hydrogens is 360 g/mol. The Morgan fingerprint density at radius 1 is 1.27 bits per heavy atom. The molecule has 1 aromatic carbocycles. The fraction of sp³-hybridized carbons (Fsp3) is 0.588. The predicted octanol–water partition coefficient (Wildman–Crippen LogP) is 0.452. The van der Waals surface area contributed by atoms with Gasteiger partial charge in [-0.3, -0.25) is 4.79 Å². The molecule has 3 rings (SSSR count). The number of ether oxygens (including phenoxy) is 2. The summed E-state index contributed by atoms with van der Waals surface area (Å²) in [6, 6.07) is 4.24. The maximum atomic E-state index is 12.8. The highest BCUT2D eigenvalue weighted by molar-refractivity contribution is 7.89. The Labute approximate surface area is 153 Å². The molecule has 1 saturated heterocycles. The number of nitrogens with zero attached hydrogens (tertiary/aromatic N) is 2. The summed E-state index contributed by atoms with van der Waals surface area (Å²) in [6.07, 6.45) is 2.28. The molecule has 1 aromatic rings. The smallest absolute Gasteiger partial charge is 0.243 e. The molecule has 2 heterocycles. The van der Waals surface area contributed by atoms with Crippen molar-refractivity contribution in [2.45, 2.75) is 30.2 Å². The number of carbonyl (C=O) groups is 1. The minimum Gasteiger partial charge on any atom is -0.490 e. The number of aliphatic hydroxyl groups is 1. The van der Waals surface area contributed by atoms with Crippen LogP contribution in [0.15, 0.2) is 23.1 Å². The van der Waals surface area contributed by atoms with Crippen LogP contribution in [0, 0.1) is 0 Å². The SMILES string of the molecule is CN(CC(=O)N1CCC[C@@H]1CO)S(=O)(=O)c1ccc2c(c1)OCCCO2. The number of benzene rings is 1. The van der Waals surface area contributed by atoms with Gasteiger partial charge in [-0.15, -0.1) is 0 Å². The van der Waals surface area contributed by atoms with Crippen molar-refractivity contribution in [2.75, 3.05) is 40.0 Å². The van der Waals surface area contributed by atoms with Crippen LogP contribution in [0.5, 0.6) is 11.5 Å². The van der Waals surface area contributed by atoms with Gasteiger partial charge in [0.2, 0.25) is 15.9 Å². The van der Waals surface area contributed by atoms with Crippen molar-refractivity contribution < 1.29 is 27.8 Å². The molecule has 144 valence electrons. The second kappa shape index (κ2) is 7.81. The summed E-state index contributed by atoms with van der Waals surface area (Å²) in [4.78, 5) is 14.1. The van der Waals surface area contributed by atoms with Crippen LogP contribution in [-0.4, -0.2) is 74.6 Å². The van der Waals surface area contributed by atoms with E-state index in [0.717, 1.165) is 23.6 Å². The lowest BCUT2D eigenvalue weighted by Gasteiger charge is -2.25. The summed E-state index contributed by atoms with van der Waals surface area (Å²) >= 11 is 0. The molecule has 0 spiro atoms. The Morgan fingerprint density at radius 3 is 2.73 bits per heavy atom. The lowest BCUT2D eigenvalue weighted by Crippen LogP contribution is -2.44. The fourth-order valence-electron chi connectivity index (χ4n) is 3.20. The van der Waals surface area contributed by atoms with Crippen LogP contribution in [0.25, 0.3) is 0 Å². The minimum atomic E-state index is -3.85. The quantitative estimate of drug-likeness (QED) is 0.792. The van der Waals surface area contributed by atoms with Gasteiger partial charge in [0.1, 0.15) is 0 Å². The number of fused-ring (bicyclic) bond motifs is 1. The summed E-state index contributed by atoms with van der Waals surface area (Å²) in [5.41, 5.74) is 0. The van der Waals surface area contributed by atoms with Crippen molar-refractivity contribution >= 4 is 15.9 Å². The first-order valence-electron chi connectivity index (χ1n) is 8.70. The molecule has 0 radical (unpaired) electrons. The lowest BCUT2D eigenvalue weighted by molar-refractivity contribution is -0.132. The topological polar surface area (TPSA) is 96.4 Å². The van der Waals surface area contributed by atoms with E-state index in [1.165, 1.54) is 19.2 Å². The van der Waals surface area contributed by atoms with Gasteiger partial charge < -0.3 is 19.5 Å². The fourth-order valence-corrected chi connectivity index (χ4v) is 4.34. The van der Waals surface area contributed by atoms with Crippen LogP contribution in [0.3, 0.4) is 0 Å². The number of likely N-dealkylation sites (tertiary alicyclic amines) is 1. The average Bonchev–Trinajstić information content (AvgIpc) is 2.98. The second-order valence-corrected chi connectivity index (χ2v) is 8.53. The van der Waals surface area contributed by atoms with Crippen LogP contribution >= 0.6 is 0 Å². The van der Waals surface area contributed by atoms with E-state index in [9.17, 15) is 18.3 Å². The number of sulfonamides is 1. The van der Waals surface area contributed by atoms with E-state index in [4.69, 9.17) is 9.47 Å². The number of rotatable bonds is 5. The number of hydrogen-bond donors (Lipinski definition) is 1. The molecule has 1 fully saturated rings. The van der Waals surface area contributed by atoms with Crippen molar-refractivity contribution in [1.29, 1.82) is 0 Å². The minimum absolute atomic E-state index is 0.0529. The summed E-state index contributed by atoms with van der Waals surface area (Å²) in [5.74, 6) is 0.605. The van der Waals surface area contributed by atoms with E-state index >= 15 is 0 Å². The van der Waals surface area contributed by atoms with Crippen LogP contribution in [0.4, 0.5) is 0 Å². The highest BCUT2D eigenvalue weighted by Gasteiger charge is 2.31. The van der Waals surface area contributed by atoms with Crippen molar-refractivity contribution in [3.63, 3.8) is 0 Å². The zero-order chi connectivity index (χ0) is 18.7. The van der Waals surface area contributed by atoms with E-state index in [0.29, 0.717) is 31.3 Å². The van der Waals surface area contributed by atoms with Gasteiger partial charge in [-0.1, -0.05) is 0 Å². The molecule has 0 unspecified atom stereocenters. The maximum absolute atomic E-state index is 12.8. The summed E-state index contributed by atoms with van der Waals surface area (Å²) < 4.78 is 37.7. The maximum Gasteiger partial charge on any atom is 0.243 e. The third-order valence-electron chi connectivity index (χ3n) is 4.69. The molecule has 0 bridgehead atoms. The molecule has 8 nitrogen and oxygen atoms in total. The summed E-state index contributed by atoms with van der Waals surface area (Å²) in [6.45, 7) is 1.15. The Kier molecular flexibility index (Phi) is 5.69. The van der Waals surface area contributed by atoms with Gasteiger partial charge in [-0.2, -0.15) is 4.31 Å². The Bertz CT molecular complexity index is 767. The lowest BCUT2D eigenvalue weighted by atomic mass is 10.2. The third-order valence-corrected chi connectivity index (χ3v) is 6.49. The number of likely N-dealkylation sites (N-methyl/N-ethyl adjacent to an activating group) is 1. The van der Waals surface area contributed by atoms with E-state index in [-0.39, 0.29) is 30.0 Å². The largest absolute Gasteiger partial charge is 0.490 e. The van der Waals surface area contributed by atoms with E-state index in [1.807, 2.05) is 0 Å². The van der Waals surface area contributed by atoms with Crippen LogP contribution in [0.2, 0.25) is 0 Å². The van der Waals surface area contributed by atoms with Gasteiger partial charge in [0, 0.05) is 26.1 Å². The molecule has 1 amide bonds. The Balaban J connectivity index is 1.75. The molecule has 0 aromatic heterocycles. The molecular formula is C17H24N2O6S. The molecule has 26 heavy (non-hydrogen) atoms. The first-order chi connectivity index (χ1) is 12.4. The molecule has 1 N–H and O–H groups in total. The molecule has 9 heteroatoms. The first kappa shape index (κ1) is 18.9. The zero-order valence-electron chi connectivity index (χ0n) is 14.8. The number of aliphatic hydroxyl groups excluding tert-OH is 1. The second-order valence-electron chi connectivity index (χ2n) is 6.49. The van der Waals surface area contributed by atoms with Crippen LogP contribution in [0.1, 0.15) is 19.3 Å². The van der Waals surface area contributed by atoms with E-state index < -0.39 is 10.0 Å². The molecule has 2 aliphatic rings. The predicted molar refractivity (Wildman–Crippen MR) is 93.7 cm³/mol. The van der Waals surface area contributed by atoms with E-state index in [2.05, 4.69) is 0 Å². The van der Waals surface area contributed by atoms with E-state index in [1.54, 1.807) is 11.0 Å². The van der Waals surface area contributed by atoms with Gasteiger partial charge in [-0.25, -0.2) is 8.42 Å². The van der Waals surface area contributed by atoms with Crippen molar-refractivity contribution in [2.24, 2.45) is 0 Å². The van der Waals surface area contributed by atoms with Gasteiger partial charge in [0.05, 0.1) is 37.3 Å². The molecule has 0 saturated carbocycles. The van der Waals surface area contributed by atoms with Crippen molar-refractivity contribution in [1.82, 2.24) is 9.21 Å². The number of amides is 1. The van der Waals surface area contributed by atoms with Crippen LogP contribution < -0.4 is 9.47 Å². The number of carbonyl (C=O) groups excluding carboxylic acids is 1. The highest BCUT2D eigenvalue weighted by Crippen LogP contribution is 2.32. The molecule has 1 atom stereocenters. The van der Waals surface area contributed by atoms with Gasteiger partial charge in [-0.05, 0) is 25.0 Å². The Hall–Kier alpha value is -1.84. The van der Waals surface area contributed by atoms with Crippen molar-refractivity contribution in [3.8, 4) is 11.5 Å². The summed E-state index contributed by atoms with van der Waals surface area (Å²) in [7, 11) is -2.47. The Morgan fingerprint density at radius 2 is 2.00 bits per heavy atom. The van der Waals surface area contributed by atoms with Gasteiger partial charge >= 0.3 is 0 Å². The van der Waals surface area contributed by atoms with Crippen molar-refractivity contribution in [3.05, 3.63) is 18.2 Å². The molecule has 0 aliphatic carbocycles. The third kappa shape index (κ3) is 3.79. The first-order valence-corrected chi connectivity index (χ1v) is 10.1. The highest BCUT2D eigenvalue weighted by atomic mass is 32.2. The van der Waals surface area contributed by atoms with Crippen LogP contribution in [-0.2, 0) is 14.8 Å². The number of hydrogen-bond acceptors (Lipinski definition) is 6. The molecule has 2 aliphatic heterocycles. The van der Waals surface area contributed by atoms with Gasteiger partial charge in [0.15, 0.2) is 11.5 Å².